The van der Waals surface area contributed by atoms with Gasteiger partial charge in [0.15, 0.2) is 0 Å². The van der Waals surface area contributed by atoms with E-state index >= 15 is 0 Å². The van der Waals surface area contributed by atoms with E-state index in [-0.39, 0.29) is 0 Å². The summed E-state index contributed by atoms with van der Waals surface area (Å²) in [6.07, 6.45) is 1.95. The molecule has 1 aliphatic rings. The van der Waals surface area contributed by atoms with E-state index < -0.39 is 17.6 Å². The molecule has 1 saturated heterocycles. The van der Waals surface area contributed by atoms with E-state index in [0.717, 1.165) is 23.1 Å². The summed E-state index contributed by atoms with van der Waals surface area (Å²) < 4.78 is 0. The maximum absolute atomic E-state index is 11.9. The standard InChI is InChI=1S/C21H25NO3/c1-2-16-7-6-8-17(15-16)19(20(23)24)22-13-11-21(25,12-14-22)18-9-4-3-5-10-18/h3-10,15,19,25H,2,11-14H2,1H3,(H,23,24)/t19-/m1/s1. The lowest BCUT2D eigenvalue weighted by Crippen LogP contribution is -2.46. The highest BCUT2D eigenvalue weighted by molar-refractivity contribution is 5.75. The Morgan fingerprint density at radius 3 is 2.40 bits per heavy atom. The third-order valence-corrected chi connectivity index (χ3v) is 5.21. The summed E-state index contributed by atoms with van der Waals surface area (Å²) in [4.78, 5) is 13.9. The van der Waals surface area contributed by atoms with Crippen molar-refractivity contribution in [1.29, 1.82) is 0 Å². The summed E-state index contributed by atoms with van der Waals surface area (Å²) in [5.41, 5.74) is 2.00. The number of hydrogen-bond acceptors (Lipinski definition) is 3. The highest BCUT2D eigenvalue weighted by atomic mass is 16.4. The van der Waals surface area contributed by atoms with Gasteiger partial charge in [-0.2, -0.15) is 0 Å². The number of nitrogens with zero attached hydrogens (tertiary/aromatic N) is 1. The van der Waals surface area contributed by atoms with Crippen LogP contribution in [0.15, 0.2) is 54.6 Å². The molecule has 0 aliphatic carbocycles. The van der Waals surface area contributed by atoms with Crippen molar-refractivity contribution in [2.75, 3.05) is 13.1 Å². The minimum atomic E-state index is -0.869. The van der Waals surface area contributed by atoms with Crippen molar-refractivity contribution in [3.63, 3.8) is 0 Å². The predicted octanol–water partition coefficient (Wildman–Crippen LogP) is 3.36. The molecule has 2 N–H and O–H groups in total. The fraction of sp³-hybridized carbons (Fsp3) is 0.381. The van der Waals surface area contributed by atoms with Crippen LogP contribution in [0.1, 0.15) is 42.5 Å². The first-order valence-corrected chi connectivity index (χ1v) is 8.87. The average molecular weight is 339 g/mol. The molecule has 2 aromatic rings. The fourth-order valence-corrected chi connectivity index (χ4v) is 3.68. The molecule has 0 bridgehead atoms. The summed E-state index contributed by atoms with van der Waals surface area (Å²) in [6.45, 7) is 3.17. The Morgan fingerprint density at radius 2 is 1.80 bits per heavy atom. The van der Waals surface area contributed by atoms with Gasteiger partial charge in [-0.15, -0.1) is 0 Å². The molecule has 0 spiro atoms. The molecule has 132 valence electrons. The van der Waals surface area contributed by atoms with Gasteiger partial charge in [0.05, 0.1) is 5.60 Å². The molecule has 3 rings (SSSR count). The van der Waals surface area contributed by atoms with Gasteiger partial charge in [0.2, 0.25) is 0 Å². The Bertz CT molecular complexity index is 721. The number of carboxylic acid groups (broad SMARTS) is 1. The molecule has 1 atom stereocenters. The van der Waals surface area contributed by atoms with Gasteiger partial charge in [-0.25, -0.2) is 0 Å². The largest absolute Gasteiger partial charge is 0.480 e. The van der Waals surface area contributed by atoms with Crippen molar-refractivity contribution in [3.05, 3.63) is 71.3 Å². The zero-order valence-electron chi connectivity index (χ0n) is 14.6. The Morgan fingerprint density at radius 1 is 1.12 bits per heavy atom. The minimum Gasteiger partial charge on any atom is -0.480 e. The monoisotopic (exact) mass is 339 g/mol. The van der Waals surface area contributed by atoms with E-state index in [0.29, 0.717) is 25.9 Å². The van der Waals surface area contributed by atoms with Crippen LogP contribution in [0, 0.1) is 0 Å². The van der Waals surface area contributed by atoms with E-state index in [9.17, 15) is 15.0 Å². The second-order valence-corrected chi connectivity index (χ2v) is 6.77. The van der Waals surface area contributed by atoms with Crippen molar-refractivity contribution in [3.8, 4) is 0 Å². The summed E-state index contributed by atoms with van der Waals surface area (Å²) in [5.74, 6) is -0.835. The topological polar surface area (TPSA) is 60.8 Å². The Labute approximate surface area is 148 Å². The highest BCUT2D eigenvalue weighted by Crippen LogP contribution is 2.36. The normalized spacial score (nSPS) is 18.6. The Hall–Kier alpha value is -2.17. The molecular weight excluding hydrogens is 314 g/mol. The van der Waals surface area contributed by atoms with E-state index in [4.69, 9.17) is 0 Å². The predicted molar refractivity (Wildman–Crippen MR) is 97.3 cm³/mol. The van der Waals surface area contributed by atoms with Gasteiger partial charge in [-0.3, -0.25) is 9.69 Å². The van der Waals surface area contributed by atoms with E-state index in [1.807, 2.05) is 59.5 Å². The molecule has 1 heterocycles. The number of benzene rings is 2. The summed E-state index contributed by atoms with van der Waals surface area (Å²) >= 11 is 0. The second-order valence-electron chi connectivity index (χ2n) is 6.77. The summed E-state index contributed by atoms with van der Waals surface area (Å²) in [7, 11) is 0. The number of piperidine rings is 1. The molecule has 4 heteroatoms. The molecule has 2 aromatic carbocycles. The lowest BCUT2D eigenvalue weighted by Gasteiger charge is -2.41. The van der Waals surface area contributed by atoms with Gasteiger partial charge in [0, 0.05) is 13.1 Å². The van der Waals surface area contributed by atoms with Crippen LogP contribution in [0.3, 0.4) is 0 Å². The van der Waals surface area contributed by atoms with Crippen LogP contribution in [0.25, 0.3) is 0 Å². The lowest BCUT2D eigenvalue weighted by atomic mass is 9.83. The highest BCUT2D eigenvalue weighted by Gasteiger charge is 2.38. The molecular formula is C21H25NO3. The van der Waals surface area contributed by atoms with Crippen LogP contribution >= 0.6 is 0 Å². The van der Waals surface area contributed by atoms with Crippen molar-refractivity contribution in [2.45, 2.75) is 37.8 Å². The number of aryl methyl sites for hydroxylation is 1. The van der Waals surface area contributed by atoms with Crippen molar-refractivity contribution in [1.82, 2.24) is 4.90 Å². The van der Waals surface area contributed by atoms with Gasteiger partial charge in [0.25, 0.3) is 0 Å². The number of carbonyl (C=O) groups is 1. The number of likely N-dealkylation sites (tertiary alicyclic amines) is 1. The minimum absolute atomic E-state index is 0.536. The van der Waals surface area contributed by atoms with Gasteiger partial charge < -0.3 is 10.2 Å². The van der Waals surface area contributed by atoms with Crippen LogP contribution in [0.2, 0.25) is 0 Å². The molecule has 0 saturated carbocycles. The number of carboxylic acids is 1. The smallest absolute Gasteiger partial charge is 0.325 e. The molecule has 25 heavy (non-hydrogen) atoms. The van der Waals surface area contributed by atoms with E-state index in [1.54, 1.807) is 0 Å². The second kappa shape index (κ2) is 7.38. The molecule has 0 radical (unpaired) electrons. The third-order valence-electron chi connectivity index (χ3n) is 5.21. The maximum Gasteiger partial charge on any atom is 0.325 e. The zero-order chi connectivity index (χ0) is 17.9. The fourth-order valence-electron chi connectivity index (χ4n) is 3.68. The van der Waals surface area contributed by atoms with Crippen LogP contribution in [-0.2, 0) is 16.8 Å². The lowest BCUT2D eigenvalue weighted by molar-refractivity contribution is -0.145. The first-order valence-electron chi connectivity index (χ1n) is 8.87. The first kappa shape index (κ1) is 17.6. The molecule has 4 nitrogen and oxygen atoms in total. The van der Waals surface area contributed by atoms with Gasteiger partial charge in [-0.1, -0.05) is 61.5 Å². The van der Waals surface area contributed by atoms with Gasteiger partial charge >= 0.3 is 5.97 Å². The average Bonchev–Trinajstić information content (AvgIpc) is 2.64. The third kappa shape index (κ3) is 3.75. The Kier molecular flexibility index (Phi) is 5.21. The van der Waals surface area contributed by atoms with Crippen molar-refractivity contribution < 1.29 is 15.0 Å². The number of rotatable bonds is 5. The van der Waals surface area contributed by atoms with Crippen molar-refractivity contribution >= 4 is 5.97 Å². The van der Waals surface area contributed by atoms with Crippen LogP contribution in [0.5, 0.6) is 0 Å². The number of aliphatic hydroxyl groups is 1. The summed E-state index contributed by atoms with van der Waals surface area (Å²) in [5, 5.41) is 20.7. The number of aliphatic carboxylic acids is 1. The Balaban J connectivity index is 1.78. The van der Waals surface area contributed by atoms with Crippen molar-refractivity contribution in [2.24, 2.45) is 0 Å². The van der Waals surface area contributed by atoms with Gasteiger partial charge in [0.1, 0.15) is 6.04 Å². The number of hydrogen-bond donors (Lipinski definition) is 2. The molecule has 0 unspecified atom stereocenters. The maximum atomic E-state index is 11.9. The molecule has 1 aliphatic heterocycles. The van der Waals surface area contributed by atoms with Gasteiger partial charge in [-0.05, 0) is 36.0 Å². The van der Waals surface area contributed by atoms with Crippen LogP contribution < -0.4 is 0 Å². The van der Waals surface area contributed by atoms with E-state index in [2.05, 4.69) is 6.92 Å². The van der Waals surface area contributed by atoms with E-state index in [1.165, 1.54) is 0 Å². The SMILES string of the molecule is CCc1cccc([C@H](C(=O)O)N2CCC(O)(c3ccccc3)CC2)c1. The molecule has 1 fully saturated rings. The zero-order valence-corrected chi connectivity index (χ0v) is 14.6. The van der Waals surface area contributed by atoms with Crippen LogP contribution in [-0.4, -0.2) is 34.2 Å². The first-order chi connectivity index (χ1) is 12.0. The molecule has 0 amide bonds. The quantitative estimate of drug-likeness (QED) is 0.877. The van der Waals surface area contributed by atoms with Crippen LogP contribution in [0.4, 0.5) is 0 Å². The summed E-state index contributed by atoms with van der Waals surface area (Å²) in [6, 6.07) is 16.8. The molecule has 0 aromatic heterocycles.